The van der Waals surface area contributed by atoms with E-state index in [1.54, 1.807) is 0 Å². The van der Waals surface area contributed by atoms with Crippen molar-refractivity contribution >= 4 is 39.5 Å². The highest BCUT2D eigenvalue weighted by Crippen LogP contribution is 2.45. The summed E-state index contributed by atoms with van der Waals surface area (Å²) in [6.07, 6.45) is 45.7. The number of hydrogen-bond acceptors (Lipinski definition) is 15. The first kappa shape index (κ1) is 88.1. The topological polar surface area (TPSA) is 237 Å². The third kappa shape index (κ3) is 63.5. The molecule has 0 aliphatic heterocycles. The van der Waals surface area contributed by atoms with Crippen molar-refractivity contribution in [1.82, 2.24) is 0 Å². The second kappa shape index (κ2) is 61.9. The van der Waals surface area contributed by atoms with Crippen molar-refractivity contribution in [3.05, 3.63) is 0 Å². The lowest BCUT2D eigenvalue weighted by Gasteiger charge is -2.21. The molecule has 0 aliphatic rings. The van der Waals surface area contributed by atoms with E-state index >= 15 is 0 Å². The third-order valence-electron chi connectivity index (χ3n) is 16.7. The van der Waals surface area contributed by atoms with Crippen LogP contribution in [0.25, 0.3) is 0 Å². The molecule has 0 heterocycles. The van der Waals surface area contributed by atoms with Crippen molar-refractivity contribution in [2.45, 2.75) is 375 Å². The zero-order valence-corrected chi connectivity index (χ0v) is 60.4. The molecule has 6 atom stereocenters. The average Bonchev–Trinajstić information content (AvgIpc) is 3.67. The highest BCUT2D eigenvalue weighted by molar-refractivity contribution is 7.47. The summed E-state index contributed by atoms with van der Waals surface area (Å²) in [5, 5.41) is 10.6. The van der Waals surface area contributed by atoms with E-state index in [1.165, 1.54) is 161 Å². The predicted molar refractivity (Wildman–Crippen MR) is 363 cm³/mol. The molecule has 0 aromatic heterocycles. The first-order chi connectivity index (χ1) is 43.3. The van der Waals surface area contributed by atoms with Gasteiger partial charge in [0.15, 0.2) is 12.2 Å². The van der Waals surface area contributed by atoms with Gasteiger partial charge >= 0.3 is 39.5 Å². The molecular weight excluding hydrogens is 1190 g/mol. The molecule has 0 aromatic rings. The molecule has 0 aliphatic carbocycles. The molecule has 0 bridgehead atoms. The van der Waals surface area contributed by atoms with Crippen LogP contribution in [0.1, 0.15) is 357 Å². The minimum Gasteiger partial charge on any atom is -0.462 e. The molecule has 0 fully saturated rings. The summed E-state index contributed by atoms with van der Waals surface area (Å²) >= 11 is 0. The lowest BCUT2D eigenvalue weighted by atomic mass is 10.00. The van der Waals surface area contributed by atoms with E-state index < -0.39 is 97.5 Å². The Kier molecular flexibility index (Phi) is 60.6. The van der Waals surface area contributed by atoms with Gasteiger partial charge in [0.2, 0.25) is 0 Å². The van der Waals surface area contributed by atoms with Gasteiger partial charge in [0, 0.05) is 25.7 Å². The van der Waals surface area contributed by atoms with Gasteiger partial charge in [-0.15, -0.1) is 0 Å². The quantitative estimate of drug-likeness (QED) is 0.0222. The van der Waals surface area contributed by atoms with Crippen LogP contribution in [0.5, 0.6) is 0 Å². The molecule has 3 unspecified atom stereocenters. The number of aliphatic hydroxyl groups excluding tert-OH is 1. The Morgan fingerprint density at radius 1 is 0.322 bits per heavy atom. The SMILES string of the molecule is CCCCCCCCCCCCCC(=O)O[C@H](COC(=O)CCCCCCCCC(C)CC)COP(=O)(O)OC[C@H](O)COP(=O)(O)OC[C@@H](COC(=O)CCCCCCCCCCCCC(C)C)OC(=O)CCCCCCCCCCCCCCCC(C)C. The standard InChI is InChI=1S/C71H138O17P2/c1-8-10-11-12-13-14-18-26-31-40-47-54-70(75)88-67(59-82-69(74)53-46-39-34-33-37-44-51-64(7)9-2)61-86-90(79,80)84-57-65(72)56-83-89(77,78)85-60-66(58-81-68(73)52-45-38-30-25-22-21-24-29-36-43-50-63(5)6)87-71(76)55-48-41-32-27-20-17-15-16-19-23-28-35-42-49-62(3)4/h62-67,72H,8-61H2,1-7H3,(H,77,78)(H,79,80)/t64?,65-,66-,67-/m1/s1. The van der Waals surface area contributed by atoms with Crippen molar-refractivity contribution in [3.8, 4) is 0 Å². The number of esters is 4. The number of unbranched alkanes of at least 4 members (excludes halogenated alkanes) is 36. The summed E-state index contributed by atoms with van der Waals surface area (Å²) in [7, 11) is -9.90. The van der Waals surface area contributed by atoms with Crippen LogP contribution < -0.4 is 0 Å². The molecule has 0 saturated heterocycles. The largest absolute Gasteiger partial charge is 0.472 e. The van der Waals surface area contributed by atoms with Gasteiger partial charge in [-0.1, -0.05) is 305 Å². The Bertz CT molecular complexity index is 1770. The van der Waals surface area contributed by atoms with E-state index in [1.807, 2.05) is 0 Å². The van der Waals surface area contributed by atoms with Crippen LogP contribution in [-0.2, 0) is 65.4 Å². The van der Waals surface area contributed by atoms with Gasteiger partial charge in [0.25, 0.3) is 0 Å². The number of carbonyl (C=O) groups excluding carboxylic acids is 4. The minimum atomic E-state index is -4.95. The molecule has 17 nitrogen and oxygen atoms in total. The van der Waals surface area contributed by atoms with E-state index in [-0.39, 0.29) is 25.7 Å². The van der Waals surface area contributed by atoms with E-state index in [0.29, 0.717) is 25.7 Å². The van der Waals surface area contributed by atoms with Crippen molar-refractivity contribution in [2.24, 2.45) is 17.8 Å². The highest BCUT2D eigenvalue weighted by Gasteiger charge is 2.30. The van der Waals surface area contributed by atoms with Crippen molar-refractivity contribution in [3.63, 3.8) is 0 Å². The van der Waals surface area contributed by atoms with E-state index in [9.17, 15) is 43.2 Å². The van der Waals surface area contributed by atoms with Gasteiger partial charge < -0.3 is 33.8 Å². The number of carbonyl (C=O) groups is 4. The number of phosphoric ester groups is 2. The molecule has 0 rings (SSSR count). The highest BCUT2D eigenvalue weighted by atomic mass is 31.2. The van der Waals surface area contributed by atoms with E-state index in [4.69, 9.17) is 37.0 Å². The number of hydrogen-bond donors (Lipinski definition) is 3. The molecule has 19 heteroatoms. The van der Waals surface area contributed by atoms with Gasteiger partial charge in [-0.25, -0.2) is 9.13 Å². The number of aliphatic hydroxyl groups is 1. The molecule has 0 radical (unpaired) electrons. The zero-order valence-electron chi connectivity index (χ0n) is 58.6. The molecule has 0 saturated carbocycles. The van der Waals surface area contributed by atoms with Gasteiger partial charge in [0.1, 0.15) is 19.3 Å². The summed E-state index contributed by atoms with van der Waals surface area (Å²) < 4.78 is 68.3. The van der Waals surface area contributed by atoms with Gasteiger partial charge in [0.05, 0.1) is 26.4 Å². The molecule has 3 N–H and O–H groups in total. The lowest BCUT2D eigenvalue weighted by molar-refractivity contribution is -0.161. The molecule has 90 heavy (non-hydrogen) atoms. The third-order valence-corrected chi connectivity index (χ3v) is 18.6. The van der Waals surface area contributed by atoms with Gasteiger partial charge in [-0.05, 0) is 43.4 Å². The van der Waals surface area contributed by atoms with Gasteiger partial charge in [-0.2, -0.15) is 0 Å². The van der Waals surface area contributed by atoms with Crippen molar-refractivity contribution in [2.75, 3.05) is 39.6 Å². The van der Waals surface area contributed by atoms with Crippen molar-refractivity contribution < 1.29 is 80.2 Å². The molecular formula is C71H138O17P2. The maximum Gasteiger partial charge on any atom is 0.472 e. The van der Waals surface area contributed by atoms with Crippen LogP contribution in [0.3, 0.4) is 0 Å². The Hall–Kier alpha value is -1.94. The van der Waals surface area contributed by atoms with Crippen LogP contribution in [0.2, 0.25) is 0 Å². The summed E-state index contributed by atoms with van der Waals surface area (Å²) in [4.78, 5) is 72.6. The fraction of sp³-hybridized carbons (Fsp3) is 0.944. The molecule has 0 aromatic carbocycles. The van der Waals surface area contributed by atoms with E-state index in [2.05, 4.69) is 48.5 Å². The Labute approximate surface area is 549 Å². The van der Waals surface area contributed by atoms with E-state index in [0.717, 1.165) is 114 Å². The predicted octanol–water partition coefficient (Wildman–Crippen LogP) is 20.2. The van der Waals surface area contributed by atoms with Gasteiger partial charge in [-0.3, -0.25) is 37.3 Å². The Balaban J connectivity index is 5.25. The Morgan fingerprint density at radius 2 is 0.567 bits per heavy atom. The lowest BCUT2D eigenvalue weighted by Crippen LogP contribution is -2.30. The monoisotopic (exact) mass is 1320 g/mol. The second-order valence-corrected chi connectivity index (χ2v) is 29.7. The Morgan fingerprint density at radius 3 is 0.844 bits per heavy atom. The summed E-state index contributed by atoms with van der Waals surface area (Å²) in [6, 6.07) is 0. The fourth-order valence-corrected chi connectivity index (χ4v) is 12.3. The average molecular weight is 1330 g/mol. The number of rotatable bonds is 69. The number of phosphoric acid groups is 2. The summed E-state index contributed by atoms with van der Waals surface area (Å²) in [6.45, 7) is 11.8. The molecule has 0 amide bonds. The summed E-state index contributed by atoms with van der Waals surface area (Å²) in [5.41, 5.74) is 0. The maximum absolute atomic E-state index is 13.0. The van der Waals surface area contributed by atoms with Crippen LogP contribution in [0.15, 0.2) is 0 Å². The first-order valence-electron chi connectivity index (χ1n) is 36.9. The zero-order chi connectivity index (χ0) is 66.6. The van der Waals surface area contributed by atoms with Crippen LogP contribution in [-0.4, -0.2) is 96.7 Å². The van der Waals surface area contributed by atoms with Crippen LogP contribution in [0, 0.1) is 17.8 Å². The van der Waals surface area contributed by atoms with Crippen molar-refractivity contribution in [1.29, 1.82) is 0 Å². The first-order valence-corrected chi connectivity index (χ1v) is 39.9. The molecule has 534 valence electrons. The second-order valence-electron chi connectivity index (χ2n) is 26.8. The maximum atomic E-state index is 13.0. The fourth-order valence-electron chi connectivity index (χ4n) is 10.7. The molecule has 0 spiro atoms. The van der Waals surface area contributed by atoms with Crippen LogP contribution in [0.4, 0.5) is 0 Å². The smallest absolute Gasteiger partial charge is 0.462 e. The van der Waals surface area contributed by atoms with Crippen LogP contribution >= 0.6 is 15.6 Å². The number of ether oxygens (including phenoxy) is 4. The normalized spacial score (nSPS) is 14.5. The summed E-state index contributed by atoms with van der Waals surface area (Å²) in [5.74, 6) is 0.151. The minimum absolute atomic E-state index is 0.106.